The quantitative estimate of drug-likeness (QED) is 0.928. The first kappa shape index (κ1) is 12.4. The van der Waals surface area contributed by atoms with Crippen LogP contribution in [0, 0.1) is 0 Å². The van der Waals surface area contributed by atoms with E-state index in [1.54, 1.807) is 9.80 Å². The first-order valence-electron chi connectivity index (χ1n) is 5.64. The number of hydrogen-bond acceptors (Lipinski definition) is 2. The van der Waals surface area contributed by atoms with Gasteiger partial charge in [-0.05, 0) is 41.0 Å². The molecule has 1 aliphatic rings. The molecule has 17 heavy (non-hydrogen) atoms. The SMILES string of the molecule is CN1C(=O)N(c2ccccc2Br)CC1CCN. The van der Waals surface area contributed by atoms with Gasteiger partial charge in [0.1, 0.15) is 0 Å². The number of carbonyl (C=O) groups excluding carboxylic acids is 1. The molecule has 1 unspecified atom stereocenters. The second kappa shape index (κ2) is 5.06. The molecule has 2 N–H and O–H groups in total. The van der Waals surface area contributed by atoms with Crippen LogP contribution in [0.2, 0.25) is 0 Å². The van der Waals surface area contributed by atoms with Gasteiger partial charge in [-0.15, -0.1) is 0 Å². The summed E-state index contributed by atoms with van der Waals surface area (Å²) in [5.74, 6) is 0. The third kappa shape index (κ3) is 2.30. The van der Waals surface area contributed by atoms with Crippen LogP contribution in [-0.2, 0) is 0 Å². The van der Waals surface area contributed by atoms with Crippen LogP contribution in [0.25, 0.3) is 0 Å². The number of urea groups is 1. The molecule has 1 aromatic carbocycles. The van der Waals surface area contributed by atoms with Gasteiger partial charge in [0.05, 0.1) is 11.7 Å². The van der Waals surface area contributed by atoms with Gasteiger partial charge in [-0.25, -0.2) is 4.79 Å². The van der Waals surface area contributed by atoms with Crippen LogP contribution < -0.4 is 10.6 Å². The molecule has 1 aliphatic heterocycles. The third-order valence-electron chi connectivity index (χ3n) is 3.12. The summed E-state index contributed by atoms with van der Waals surface area (Å²) >= 11 is 3.48. The molecular formula is C12H16BrN3O. The van der Waals surface area contributed by atoms with E-state index in [-0.39, 0.29) is 12.1 Å². The van der Waals surface area contributed by atoms with E-state index in [1.807, 2.05) is 31.3 Å². The molecule has 92 valence electrons. The fraction of sp³-hybridized carbons (Fsp3) is 0.417. The van der Waals surface area contributed by atoms with E-state index >= 15 is 0 Å². The van der Waals surface area contributed by atoms with Crippen molar-refractivity contribution < 1.29 is 4.79 Å². The summed E-state index contributed by atoms with van der Waals surface area (Å²) in [6.45, 7) is 1.31. The van der Waals surface area contributed by atoms with Crippen LogP contribution in [0.4, 0.5) is 10.5 Å². The molecule has 0 radical (unpaired) electrons. The molecule has 1 fully saturated rings. The average Bonchev–Trinajstić information content (AvgIpc) is 2.59. The van der Waals surface area contributed by atoms with Crippen molar-refractivity contribution >= 4 is 27.6 Å². The van der Waals surface area contributed by atoms with Gasteiger partial charge < -0.3 is 10.6 Å². The van der Waals surface area contributed by atoms with Crippen LogP contribution in [0.15, 0.2) is 28.7 Å². The van der Waals surface area contributed by atoms with Crippen molar-refractivity contribution in [1.82, 2.24) is 4.90 Å². The number of benzene rings is 1. The molecule has 0 aliphatic carbocycles. The highest BCUT2D eigenvalue weighted by Gasteiger charge is 2.35. The molecule has 1 heterocycles. The number of nitrogens with zero attached hydrogens (tertiary/aromatic N) is 2. The average molecular weight is 298 g/mol. The van der Waals surface area contributed by atoms with Crippen LogP contribution >= 0.6 is 15.9 Å². The smallest absolute Gasteiger partial charge is 0.324 e. The van der Waals surface area contributed by atoms with E-state index in [9.17, 15) is 4.79 Å². The molecule has 0 aromatic heterocycles. The van der Waals surface area contributed by atoms with Crippen LogP contribution in [0.1, 0.15) is 6.42 Å². The van der Waals surface area contributed by atoms with Crippen LogP contribution in [0.3, 0.4) is 0 Å². The van der Waals surface area contributed by atoms with Gasteiger partial charge in [0.15, 0.2) is 0 Å². The number of hydrogen-bond donors (Lipinski definition) is 1. The summed E-state index contributed by atoms with van der Waals surface area (Å²) in [7, 11) is 1.83. The van der Waals surface area contributed by atoms with Gasteiger partial charge in [-0.2, -0.15) is 0 Å². The minimum atomic E-state index is 0.0374. The number of rotatable bonds is 3. The lowest BCUT2D eigenvalue weighted by Gasteiger charge is -2.17. The summed E-state index contributed by atoms with van der Waals surface area (Å²) in [6.07, 6.45) is 0.837. The largest absolute Gasteiger partial charge is 0.330 e. The molecular weight excluding hydrogens is 282 g/mol. The monoisotopic (exact) mass is 297 g/mol. The van der Waals surface area contributed by atoms with Gasteiger partial charge in [-0.1, -0.05) is 12.1 Å². The molecule has 1 atom stereocenters. The van der Waals surface area contributed by atoms with Crippen molar-refractivity contribution in [2.24, 2.45) is 5.73 Å². The van der Waals surface area contributed by atoms with E-state index < -0.39 is 0 Å². The Balaban J connectivity index is 2.24. The number of para-hydroxylation sites is 1. The second-order valence-corrected chi connectivity index (χ2v) is 5.04. The standard InChI is InChI=1S/C12H16BrN3O/c1-15-9(6-7-14)8-16(12(15)17)11-5-3-2-4-10(11)13/h2-5,9H,6-8,14H2,1H3. The van der Waals surface area contributed by atoms with Gasteiger partial charge in [-0.3, -0.25) is 4.90 Å². The van der Waals surface area contributed by atoms with Crippen molar-refractivity contribution in [2.75, 3.05) is 25.0 Å². The van der Waals surface area contributed by atoms with Gasteiger partial charge >= 0.3 is 6.03 Å². The normalized spacial score (nSPS) is 20.2. The van der Waals surface area contributed by atoms with Crippen molar-refractivity contribution in [3.05, 3.63) is 28.7 Å². The Hall–Kier alpha value is -1.07. The van der Waals surface area contributed by atoms with E-state index in [0.717, 1.165) is 16.6 Å². The molecule has 0 saturated carbocycles. The summed E-state index contributed by atoms with van der Waals surface area (Å²) < 4.78 is 0.940. The van der Waals surface area contributed by atoms with E-state index in [1.165, 1.54) is 0 Å². The summed E-state index contributed by atoms with van der Waals surface area (Å²) in [5.41, 5.74) is 6.48. The lowest BCUT2D eigenvalue weighted by atomic mass is 10.2. The first-order valence-corrected chi connectivity index (χ1v) is 6.43. The van der Waals surface area contributed by atoms with Crippen molar-refractivity contribution in [3.63, 3.8) is 0 Å². The molecule has 0 spiro atoms. The Morgan fingerprint density at radius 1 is 1.47 bits per heavy atom. The number of amides is 2. The Bertz CT molecular complexity index is 424. The van der Waals surface area contributed by atoms with E-state index in [2.05, 4.69) is 15.9 Å². The highest BCUT2D eigenvalue weighted by Crippen LogP contribution is 2.30. The summed E-state index contributed by atoms with van der Waals surface area (Å²) in [5, 5.41) is 0. The number of halogens is 1. The molecule has 2 amide bonds. The van der Waals surface area contributed by atoms with Gasteiger partial charge in [0, 0.05) is 18.1 Å². The first-order chi connectivity index (χ1) is 8.15. The van der Waals surface area contributed by atoms with Gasteiger partial charge in [0.25, 0.3) is 0 Å². The highest BCUT2D eigenvalue weighted by molar-refractivity contribution is 9.10. The third-order valence-corrected chi connectivity index (χ3v) is 3.79. The van der Waals surface area contributed by atoms with E-state index in [4.69, 9.17) is 5.73 Å². The zero-order chi connectivity index (χ0) is 12.4. The predicted octanol–water partition coefficient (Wildman–Crippen LogP) is 2.04. The minimum Gasteiger partial charge on any atom is -0.330 e. The maximum Gasteiger partial charge on any atom is 0.324 e. The molecule has 0 bridgehead atoms. The van der Waals surface area contributed by atoms with Crippen LogP contribution in [0.5, 0.6) is 0 Å². The Morgan fingerprint density at radius 2 is 2.18 bits per heavy atom. The Labute approximate surface area is 110 Å². The maximum atomic E-state index is 12.1. The van der Waals surface area contributed by atoms with Gasteiger partial charge in [0.2, 0.25) is 0 Å². The minimum absolute atomic E-state index is 0.0374. The summed E-state index contributed by atoms with van der Waals surface area (Å²) in [4.78, 5) is 15.7. The number of anilines is 1. The fourth-order valence-electron chi connectivity index (χ4n) is 2.11. The maximum absolute atomic E-state index is 12.1. The lowest BCUT2D eigenvalue weighted by molar-refractivity contribution is 0.217. The fourth-order valence-corrected chi connectivity index (χ4v) is 2.61. The second-order valence-electron chi connectivity index (χ2n) is 4.19. The molecule has 1 aromatic rings. The highest BCUT2D eigenvalue weighted by atomic mass is 79.9. The zero-order valence-corrected chi connectivity index (χ0v) is 11.4. The topological polar surface area (TPSA) is 49.6 Å². The van der Waals surface area contributed by atoms with Crippen LogP contribution in [-0.4, -0.2) is 37.1 Å². The molecule has 4 nitrogen and oxygen atoms in total. The molecule has 2 rings (SSSR count). The number of likely N-dealkylation sites (N-methyl/N-ethyl adjacent to an activating group) is 1. The molecule has 1 saturated heterocycles. The Kier molecular flexibility index (Phi) is 3.69. The predicted molar refractivity (Wildman–Crippen MR) is 72.1 cm³/mol. The lowest BCUT2D eigenvalue weighted by Crippen LogP contribution is -2.32. The molecule has 5 heteroatoms. The van der Waals surface area contributed by atoms with Crippen molar-refractivity contribution in [1.29, 1.82) is 0 Å². The van der Waals surface area contributed by atoms with Crippen molar-refractivity contribution in [3.8, 4) is 0 Å². The number of nitrogens with two attached hydrogens (primary N) is 1. The number of carbonyl (C=O) groups is 1. The summed E-state index contributed by atoms with van der Waals surface area (Å²) in [6, 6.07) is 8.01. The van der Waals surface area contributed by atoms with E-state index in [0.29, 0.717) is 13.1 Å². The Morgan fingerprint density at radius 3 is 2.82 bits per heavy atom. The van der Waals surface area contributed by atoms with Crippen molar-refractivity contribution in [2.45, 2.75) is 12.5 Å². The zero-order valence-electron chi connectivity index (χ0n) is 9.77.